The predicted octanol–water partition coefficient (Wildman–Crippen LogP) is 3.25. The molecule has 1 aromatic heterocycles. The highest BCUT2D eigenvalue weighted by molar-refractivity contribution is 7.12. The van der Waals surface area contributed by atoms with Gasteiger partial charge in [-0.1, -0.05) is 37.5 Å². The van der Waals surface area contributed by atoms with Crippen molar-refractivity contribution in [3.05, 3.63) is 57.8 Å². The molecule has 0 aliphatic heterocycles. The molecule has 0 radical (unpaired) electrons. The van der Waals surface area contributed by atoms with E-state index in [0.29, 0.717) is 36.4 Å². The number of carbonyl (C=O) groups excluding carboxylic acids is 3. The molecule has 1 saturated carbocycles. The number of likely N-dealkylation sites (N-methyl/N-ethyl adjacent to an activating group) is 1. The Morgan fingerprint density at radius 1 is 0.966 bits per heavy atom. The fourth-order valence-electron chi connectivity index (χ4n) is 3.63. The summed E-state index contributed by atoms with van der Waals surface area (Å²) >= 11 is 1.40. The largest absolute Gasteiger partial charge is 0.354 e. The Labute approximate surface area is 175 Å². The summed E-state index contributed by atoms with van der Waals surface area (Å²) in [6.45, 7) is 2.82. The van der Waals surface area contributed by atoms with Crippen LogP contribution < -0.4 is 16.0 Å². The van der Waals surface area contributed by atoms with Crippen molar-refractivity contribution in [2.45, 2.75) is 51.1 Å². The fraction of sp³-hybridized carbons (Fsp3) is 0.409. The summed E-state index contributed by atoms with van der Waals surface area (Å²) in [4.78, 5) is 38.1. The van der Waals surface area contributed by atoms with Gasteiger partial charge in [-0.2, -0.15) is 0 Å². The summed E-state index contributed by atoms with van der Waals surface area (Å²) in [5.41, 5.74) is 0.591. The first-order valence-electron chi connectivity index (χ1n) is 10.1. The van der Waals surface area contributed by atoms with Crippen LogP contribution in [0.3, 0.4) is 0 Å². The number of carbonyl (C=O) groups is 3. The van der Waals surface area contributed by atoms with Crippen LogP contribution >= 0.6 is 11.3 Å². The SMILES string of the molecule is CCNC(=O)C1(NC(=O)c2ccc(CNC(=O)c3cccs3)cc2)CCCCC1. The van der Waals surface area contributed by atoms with Crippen LogP contribution in [-0.4, -0.2) is 29.8 Å². The molecule has 0 saturated heterocycles. The smallest absolute Gasteiger partial charge is 0.261 e. The first-order chi connectivity index (χ1) is 14.0. The van der Waals surface area contributed by atoms with Crippen molar-refractivity contribution in [2.24, 2.45) is 0 Å². The molecule has 154 valence electrons. The predicted molar refractivity (Wildman–Crippen MR) is 114 cm³/mol. The highest BCUT2D eigenvalue weighted by Crippen LogP contribution is 2.29. The maximum absolute atomic E-state index is 12.8. The van der Waals surface area contributed by atoms with Gasteiger partial charge < -0.3 is 16.0 Å². The number of benzene rings is 1. The van der Waals surface area contributed by atoms with Crippen molar-refractivity contribution in [3.63, 3.8) is 0 Å². The molecule has 3 amide bonds. The molecule has 0 atom stereocenters. The van der Waals surface area contributed by atoms with E-state index in [1.807, 2.05) is 30.5 Å². The number of hydrogen-bond acceptors (Lipinski definition) is 4. The maximum Gasteiger partial charge on any atom is 0.261 e. The molecule has 0 unspecified atom stereocenters. The molecule has 1 fully saturated rings. The third-order valence-electron chi connectivity index (χ3n) is 5.25. The van der Waals surface area contributed by atoms with E-state index >= 15 is 0 Å². The molecule has 29 heavy (non-hydrogen) atoms. The molecule has 7 heteroatoms. The molecule has 3 rings (SSSR count). The Bertz CT molecular complexity index is 841. The molecule has 3 N–H and O–H groups in total. The molecule has 1 aromatic carbocycles. The summed E-state index contributed by atoms with van der Waals surface area (Å²) in [6, 6.07) is 10.7. The molecule has 1 aliphatic rings. The van der Waals surface area contributed by atoms with E-state index in [-0.39, 0.29) is 17.7 Å². The lowest BCUT2D eigenvalue weighted by Crippen LogP contribution is -2.59. The van der Waals surface area contributed by atoms with Crippen molar-refractivity contribution < 1.29 is 14.4 Å². The monoisotopic (exact) mass is 413 g/mol. The lowest BCUT2D eigenvalue weighted by Gasteiger charge is -2.36. The normalized spacial score (nSPS) is 15.3. The standard InChI is InChI=1S/C22H27N3O3S/c1-2-23-21(28)22(12-4-3-5-13-22)25-19(26)17-10-8-16(9-11-17)15-24-20(27)18-7-6-14-29-18/h6-11,14H,2-5,12-13,15H2,1H3,(H,23,28)(H,24,27)(H,25,26). The first-order valence-corrected chi connectivity index (χ1v) is 10.9. The van der Waals surface area contributed by atoms with Gasteiger partial charge in [-0.3, -0.25) is 14.4 Å². The Morgan fingerprint density at radius 2 is 1.69 bits per heavy atom. The summed E-state index contributed by atoms with van der Waals surface area (Å²) < 4.78 is 0. The van der Waals surface area contributed by atoms with Crippen LogP contribution in [-0.2, 0) is 11.3 Å². The van der Waals surface area contributed by atoms with E-state index in [4.69, 9.17) is 0 Å². The van der Waals surface area contributed by atoms with Crippen LogP contribution in [0.5, 0.6) is 0 Å². The van der Waals surface area contributed by atoms with E-state index in [1.54, 1.807) is 18.2 Å². The number of rotatable bonds is 7. The minimum Gasteiger partial charge on any atom is -0.354 e. The van der Waals surface area contributed by atoms with Crippen LogP contribution in [0, 0.1) is 0 Å². The second kappa shape index (κ2) is 9.69. The summed E-state index contributed by atoms with van der Waals surface area (Å²) in [5.74, 6) is -0.448. The van der Waals surface area contributed by atoms with Crippen LogP contribution in [0.1, 0.15) is 64.6 Å². The zero-order valence-corrected chi connectivity index (χ0v) is 17.4. The van der Waals surface area contributed by atoms with E-state index in [9.17, 15) is 14.4 Å². The van der Waals surface area contributed by atoms with Crippen molar-refractivity contribution in [3.8, 4) is 0 Å². The van der Waals surface area contributed by atoms with Crippen LogP contribution in [0.15, 0.2) is 41.8 Å². The Hall–Kier alpha value is -2.67. The van der Waals surface area contributed by atoms with Gasteiger partial charge in [0, 0.05) is 18.7 Å². The molecular weight excluding hydrogens is 386 g/mol. The number of thiophene rings is 1. The average Bonchev–Trinajstić information content (AvgIpc) is 3.28. The Kier molecular flexibility index (Phi) is 7.04. The van der Waals surface area contributed by atoms with Crippen molar-refractivity contribution in [2.75, 3.05) is 6.54 Å². The third-order valence-corrected chi connectivity index (χ3v) is 6.11. The van der Waals surface area contributed by atoms with Crippen molar-refractivity contribution in [1.82, 2.24) is 16.0 Å². The van der Waals surface area contributed by atoms with Crippen LogP contribution in [0.25, 0.3) is 0 Å². The minimum absolute atomic E-state index is 0.0963. The van der Waals surface area contributed by atoms with E-state index in [0.717, 1.165) is 24.8 Å². The molecular formula is C22H27N3O3S. The minimum atomic E-state index is -0.821. The second-order valence-electron chi connectivity index (χ2n) is 7.31. The fourth-order valence-corrected chi connectivity index (χ4v) is 4.27. The van der Waals surface area contributed by atoms with Gasteiger partial charge in [0.25, 0.3) is 11.8 Å². The molecule has 0 bridgehead atoms. The molecule has 1 heterocycles. The van der Waals surface area contributed by atoms with Gasteiger partial charge in [0.2, 0.25) is 5.91 Å². The molecule has 6 nitrogen and oxygen atoms in total. The Morgan fingerprint density at radius 3 is 2.31 bits per heavy atom. The maximum atomic E-state index is 12.8. The quantitative estimate of drug-likeness (QED) is 0.651. The zero-order valence-electron chi connectivity index (χ0n) is 16.6. The summed E-state index contributed by atoms with van der Waals surface area (Å²) in [7, 11) is 0. The van der Waals surface area contributed by atoms with Gasteiger partial charge in [0.1, 0.15) is 5.54 Å². The lowest BCUT2D eigenvalue weighted by molar-refractivity contribution is -0.128. The van der Waals surface area contributed by atoms with Gasteiger partial charge in [0.15, 0.2) is 0 Å². The Balaban J connectivity index is 1.61. The van der Waals surface area contributed by atoms with Crippen LogP contribution in [0.4, 0.5) is 0 Å². The van der Waals surface area contributed by atoms with Gasteiger partial charge in [0.05, 0.1) is 4.88 Å². The van der Waals surface area contributed by atoms with E-state index in [2.05, 4.69) is 16.0 Å². The number of hydrogen-bond donors (Lipinski definition) is 3. The zero-order chi connectivity index (χ0) is 20.7. The van der Waals surface area contributed by atoms with E-state index in [1.165, 1.54) is 11.3 Å². The third kappa shape index (κ3) is 5.23. The topological polar surface area (TPSA) is 87.3 Å². The van der Waals surface area contributed by atoms with Crippen molar-refractivity contribution in [1.29, 1.82) is 0 Å². The lowest BCUT2D eigenvalue weighted by atomic mass is 9.80. The number of amides is 3. The van der Waals surface area contributed by atoms with Crippen molar-refractivity contribution >= 4 is 29.1 Å². The van der Waals surface area contributed by atoms with Crippen LogP contribution in [0.2, 0.25) is 0 Å². The highest BCUT2D eigenvalue weighted by atomic mass is 32.1. The van der Waals surface area contributed by atoms with Gasteiger partial charge in [-0.15, -0.1) is 11.3 Å². The summed E-state index contributed by atoms with van der Waals surface area (Å²) in [6.07, 6.45) is 4.28. The molecule has 2 aromatic rings. The van der Waals surface area contributed by atoms with Gasteiger partial charge >= 0.3 is 0 Å². The highest BCUT2D eigenvalue weighted by Gasteiger charge is 2.40. The van der Waals surface area contributed by atoms with Gasteiger partial charge in [-0.25, -0.2) is 0 Å². The van der Waals surface area contributed by atoms with Gasteiger partial charge in [-0.05, 0) is 48.9 Å². The first kappa shape index (κ1) is 21.0. The van der Waals surface area contributed by atoms with E-state index < -0.39 is 5.54 Å². The molecule has 0 spiro atoms. The molecule has 1 aliphatic carbocycles. The summed E-state index contributed by atoms with van der Waals surface area (Å²) in [5, 5.41) is 10.6. The second-order valence-corrected chi connectivity index (χ2v) is 8.26. The number of nitrogens with one attached hydrogen (secondary N) is 3. The average molecular weight is 414 g/mol.